The molecule has 12 heavy (non-hydrogen) atoms. The predicted octanol–water partition coefficient (Wildman–Crippen LogP) is 2.96. The Kier molecular flexibility index (Phi) is 1.33. The molecule has 2 N–H and O–H groups in total. The summed E-state index contributed by atoms with van der Waals surface area (Å²) in [7, 11) is 0. The summed E-state index contributed by atoms with van der Waals surface area (Å²) in [5.74, 6) is 0. The molecule has 1 aliphatic rings. The van der Waals surface area contributed by atoms with E-state index in [1.54, 1.807) is 0 Å². The molecule has 0 spiro atoms. The molecule has 0 aromatic carbocycles. The molecule has 0 aliphatic carbocycles. The van der Waals surface area contributed by atoms with Gasteiger partial charge in [-0.2, -0.15) is 0 Å². The maximum Gasteiger partial charge on any atom is 0.0437 e. The Bertz CT molecular complexity index is 343. The molecule has 0 amide bonds. The van der Waals surface area contributed by atoms with Gasteiger partial charge in [-0.1, -0.05) is 23.5 Å². The van der Waals surface area contributed by atoms with E-state index >= 15 is 0 Å². The summed E-state index contributed by atoms with van der Waals surface area (Å²) in [6.45, 7) is 0. The third-order valence-electron chi connectivity index (χ3n) is 1.78. The molecule has 0 bridgehead atoms. The summed E-state index contributed by atoms with van der Waals surface area (Å²) in [4.78, 5) is 11.5. The number of aromatic nitrogens is 2. The van der Waals surface area contributed by atoms with Gasteiger partial charge in [0.25, 0.3) is 0 Å². The number of hydrogen-bond donors (Lipinski definition) is 2. The molecule has 0 radical (unpaired) electrons. The van der Waals surface area contributed by atoms with Crippen LogP contribution in [0.3, 0.4) is 0 Å². The Morgan fingerprint density at radius 3 is 1.33 bits per heavy atom. The molecule has 60 valence electrons. The highest BCUT2D eigenvalue weighted by atomic mass is 32.2. The first kappa shape index (κ1) is 6.74. The monoisotopic (exact) mass is 194 g/mol. The van der Waals surface area contributed by atoms with Crippen molar-refractivity contribution in [1.82, 2.24) is 9.97 Å². The van der Waals surface area contributed by atoms with E-state index in [0.29, 0.717) is 0 Å². The highest BCUT2D eigenvalue weighted by molar-refractivity contribution is 8.05. The predicted molar refractivity (Wildman–Crippen MR) is 49.8 cm³/mol. The molecule has 0 fully saturated rings. The van der Waals surface area contributed by atoms with Gasteiger partial charge in [-0.3, -0.25) is 0 Å². The van der Waals surface area contributed by atoms with Crippen LogP contribution in [0.2, 0.25) is 0 Å². The maximum atomic E-state index is 3.11. The van der Waals surface area contributed by atoms with Crippen molar-refractivity contribution < 1.29 is 0 Å². The van der Waals surface area contributed by atoms with Crippen LogP contribution in [-0.2, 0) is 0 Å². The van der Waals surface area contributed by atoms with Gasteiger partial charge in [0.05, 0.1) is 0 Å². The van der Waals surface area contributed by atoms with Crippen LogP contribution in [0.1, 0.15) is 0 Å². The summed E-state index contributed by atoms with van der Waals surface area (Å²) in [5.41, 5.74) is 0. The quantitative estimate of drug-likeness (QED) is 0.576. The van der Waals surface area contributed by atoms with Crippen LogP contribution in [0.5, 0.6) is 0 Å². The lowest BCUT2D eigenvalue weighted by molar-refractivity contribution is 1.23. The summed E-state index contributed by atoms with van der Waals surface area (Å²) in [5, 5.41) is 0. The van der Waals surface area contributed by atoms with Gasteiger partial charge in [0, 0.05) is 44.4 Å². The van der Waals surface area contributed by atoms with Gasteiger partial charge in [0.2, 0.25) is 0 Å². The average molecular weight is 194 g/mol. The Labute approximate surface area is 78.1 Å². The zero-order valence-electron chi connectivity index (χ0n) is 6.13. The molecule has 0 saturated carbocycles. The lowest BCUT2D eigenvalue weighted by Gasteiger charge is -2.09. The molecule has 4 heteroatoms. The molecule has 1 aliphatic heterocycles. The normalized spacial score (nSPS) is 14.0. The zero-order chi connectivity index (χ0) is 7.97. The Hall–Kier alpha value is -0.740. The number of nitrogens with one attached hydrogen (secondary N) is 2. The van der Waals surface area contributed by atoms with Gasteiger partial charge < -0.3 is 9.97 Å². The van der Waals surface area contributed by atoms with Crippen molar-refractivity contribution in [2.24, 2.45) is 0 Å². The van der Waals surface area contributed by atoms with Crippen LogP contribution < -0.4 is 0 Å². The van der Waals surface area contributed by atoms with Gasteiger partial charge in [-0.05, 0) is 0 Å². The number of hydrogen-bond acceptors (Lipinski definition) is 2. The van der Waals surface area contributed by atoms with Gasteiger partial charge in [0.1, 0.15) is 0 Å². The van der Waals surface area contributed by atoms with Gasteiger partial charge in [0.15, 0.2) is 0 Å². The van der Waals surface area contributed by atoms with Gasteiger partial charge in [-0.15, -0.1) is 0 Å². The topological polar surface area (TPSA) is 31.6 Å². The van der Waals surface area contributed by atoms with E-state index in [1.807, 2.05) is 48.3 Å². The first-order valence-corrected chi connectivity index (χ1v) is 5.26. The van der Waals surface area contributed by atoms with Crippen LogP contribution in [0, 0.1) is 0 Å². The van der Waals surface area contributed by atoms with Crippen LogP contribution in [0.4, 0.5) is 0 Å². The Morgan fingerprint density at radius 1 is 0.667 bits per heavy atom. The van der Waals surface area contributed by atoms with E-state index in [0.717, 1.165) is 0 Å². The van der Waals surface area contributed by atoms with Crippen molar-refractivity contribution in [3.63, 3.8) is 0 Å². The van der Waals surface area contributed by atoms with Crippen molar-refractivity contribution in [2.45, 2.75) is 19.6 Å². The van der Waals surface area contributed by atoms with Crippen molar-refractivity contribution in [2.75, 3.05) is 0 Å². The lowest BCUT2D eigenvalue weighted by Crippen LogP contribution is -1.79. The molecular formula is C8H6N2S2. The number of H-pyrrole nitrogens is 2. The molecule has 3 rings (SSSR count). The van der Waals surface area contributed by atoms with Crippen molar-refractivity contribution in [3.8, 4) is 0 Å². The summed E-state index contributed by atoms with van der Waals surface area (Å²) >= 11 is 3.62. The molecule has 2 aromatic rings. The third-order valence-corrected chi connectivity index (χ3v) is 4.27. The van der Waals surface area contributed by atoms with E-state index in [2.05, 4.69) is 9.97 Å². The highest BCUT2D eigenvalue weighted by Gasteiger charge is 2.17. The molecule has 3 heterocycles. The standard InChI is InChI=1S/C8H6N2S2/c1-5-6(2-9-1)12-8-4-10-3-7(8)11-5/h1-4,9-10H. The number of fused-ring (bicyclic) bond motifs is 2. The zero-order valence-corrected chi connectivity index (χ0v) is 7.76. The van der Waals surface area contributed by atoms with E-state index in [9.17, 15) is 0 Å². The van der Waals surface area contributed by atoms with E-state index in [-0.39, 0.29) is 0 Å². The molecule has 0 atom stereocenters. The van der Waals surface area contributed by atoms with E-state index < -0.39 is 0 Å². The molecule has 2 nitrogen and oxygen atoms in total. The van der Waals surface area contributed by atoms with Crippen molar-refractivity contribution >= 4 is 23.5 Å². The van der Waals surface area contributed by atoms with E-state index in [4.69, 9.17) is 0 Å². The van der Waals surface area contributed by atoms with Crippen LogP contribution in [0.15, 0.2) is 44.4 Å². The van der Waals surface area contributed by atoms with Crippen LogP contribution in [0.25, 0.3) is 0 Å². The fraction of sp³-hybridized carbons (Fsp3) is 0. The van der Waals surface area contributed by atoms with Crippen molar-refractivity contribution in [3.05, 3.63) is 24.8 Å². The summed E-state index contributed by atoms with van der Waals surface area (Å²) in [6, 6.07) is 0. The number of aromatic amines is 2. The highest BCUT2D eigenvalue weighted by Crippen LogP contribution is 2.47. The summed E-state index contributed by atoms with van der Waals surface area (Å²) < 4.78 is 0. The average Bonchev–Trinajstić information content (AvgIpc) is 2.64. The third kappa shape index (κ3) is 0.850. The minimum atomic E-state index is 1.33. The van der Waals surface area contributed by atoms with Gasteiger partial charge >= 0.3 is 0 Å². The number of rotatable bonds is 0. The Balaban J connectivity index is 2.15. The molecule has 0 saturated heterocycles. The lowest BCUT2D eigenvalue weighted by atomic mass is 10.6. The largest absolute Gasteiger partial charge is 0.366 e. The second-order valence-electron chi connectivity index (χ2n) is 2.57. The second-order valence-corrected chi connectivity index (χ2v) is 4.74. The minimum Gasteiger partial charge on any atom is -0.366 e. The first-order valence-electron chi connectivity index (χ1n) is 3.63. The minimum absolute atomic E-state index is 1.33. The summed E-state index contributed by atoms with van der Waals surface area (Å²) in [6.07, 6.45) is 8.18. The first-order chi connectivity index (χ1) is 5.93. The smallest absolute Gasteiger partial charge is 0.0437 e. The molecular weight excluding hydrogens is 188 g/mol. The maximum absolute atomic E-state index is 3.11. The van der Waals surface area contributed by atoms with Gasteiger partial charge in [-0.25, -0.2) is 0 Å². The van der Waals surface area contributed by atoms with Crippen molar-refractivity contribution in [1.29, 1.82) is 0 Å². The van der Waals surface area contributed by atoms with E-state index in [1.165, 1.54) is 19.6 Å². The van der Waals surface area contributed by atoms with Crippen LogP contribution in [-0.4, -0.2) is 9.97 Å². The van der Waals surface area contributed by atoms with Crippen LogP contribution >= 0.6 is 23.5 Å². The SMILES string of the molecule is c1[nH]cc2c1Sc1c[nH]cc1S2. The fourth-order valence-corrected chi connectivity index (χ4v) is 3.35. The fourth-order valence-electron chi connectivity index (χ4n) is 1.23. The molecule has 2 aromatic heterocycles. The Morgan fingerprint density at radius 2 is 1.00 bits per heavy atom. The second kappa shape index (κ2) is 2.37. The molecule has 0 unspecified atom stereocenters.